The van der Waals surface area contributed by atoms with E-state index in [0.717, 1.165) is 32.1 Å². The summed E-state index contributed by atoms with van der Waals surface area (Å²) in [5.74, 6) is 0. The van der Waals surface area contributed by atoms with Gasteiger partial charge in [0.2, 0.25) is 0 Å². The Morgan fingerprint density at radius 3 is 2.44 bits per heavy atom. The average Bonchev–Trinajstić information content (AvgIpc) is 2.71. The first-order valence-electron chi connectivity index (χ1n) is 6.05. The maximum absolute atomic E-state index is 12.5. The molecule has 0 radical (unpaired) electrons. The van der Waals surface area contributed by atoms with E-state index in [0.29, 0.717) is 12.1 Å². The number of rotatable bonds is 6. The fourth-order valence-electron chi connectivity index (χ4n) is 1.79. The summed E-state index contributed by atoms with van der Waals surface area (Å²) in [7, 11) is 0. The van der Waals surface area contributed by atoms with E-state index in [1.165, 1.54) is 0 Å². The maximum atomic E-state index is 12.5. The first kappa shape index (κ1) is 14.6. The lowest BCUT2D eigenvalue weighted by atomic mass is 10.1. The first-order chi connectivity index (χ1) is 8.50. The summed E-state index contributed by atoms with van der Waals surface area (Å²) in [5.41, 5.74) is -1.17. The zero-order valence-corrected chi connectivity index (χ0v) is 10.3. The Morgan fingerprint density at radius 2 is 1.89 bits per heavy atom. The number of H-pyrrole nitrogens is 1. The number of aryl methyl sites for hydroxylation is 1. The molecule has 0 amide bonds. The van der Waals surface area contributed by atoms with Gasteiger partial charge in [-0.1, -0.05) is 32.6 Å². The highest BCUT2D eigenvalue weighted by Gasteiger charge is 2.38. The van der Waals surface area contributed by atoms with Crippen molar-refractivity contribution in [2.45, 2.75) is 51.6 Å². The molecule has 18 heavy (non-hydrogen) atoms. The van der Waals surface area contributed by atoms with Gasteiger partial charge < -0.3 is 0 Å². The second kappa shape index (κ2) is 6.43. The third kappa shape index (κ3) is 3.76. The molecule has 0 aromatic carbocycles. The molecular weight excluding hydrogens is 243 g/mol. The van der Waals surface area contributed by atoms with Crippen molar-refractivity contribution in [3.8, 4) is 6.07 Å². The number of halogens is 3. The topological polar surface area (TPSA) is 52.5 Å². The van der Waals surface area contributed by atoms with Crippen LogP contribution in [0.2, 0.25) is 0 Å². The average molecular weight is 259 g/mol. The van der Waals surface area contributed by atoms with Crippen molar-refractivity contribution in [1.29, 1.82) is 5.26 Å². The standard InChI is InChI=1S/C12H16F3N3/c1-2-3-4-5-6-7-10-9(8-16)11(18-17-10)12(13,14)15/h2-7H2,1H3,(H,17,18). The van der Waals surface area contributed by atoms with Gasteiger partial charge in [0, 0.05) is 0 Å². The highest BCUT2D eigenvalue weighted by Crippen LogP contribution is 2.31. The molecule has 0 aliphatic carbocycles. The summed E-state index contributed by atoms with van der Waals surface area (Å²) in [5, 5.41) is 14.3. The van der Waals surface area contributed by atoms with E-state index in [1.54, 1.807) is 6.07 Å². The summed E-state index contributed by atoms with van der Waals surface area (Å²) >= 11 is 0. The molecule has 3 nitrogen and oxygen atoms in total. The normalized spacial score (nSPS) is 11.5. The van der Waals surface area contributed by atoms with E-state index < -0.39 is 11.9 Å². The van der Waals surface area contributed by atoms with E-state index >= 15 is 0 Å². The molecule has 0 aliphatic rings. The molecular formula is C12H16F3N3. The van der Waals surface area contributed by atoms with Gasteiger partial charge in [0.1, 0.15) is 11.6 Å². The van der Waals surface area contributed by atoms with E-state index in [1.807, 2.05) is 0 Å². The van der Waals surface area contributed by atoms with Crippen LogP contribution in [0.4, 0.5) is 13.2 Å². The summed E-state index contributed by atoms with van der Waals surface area (Å²) in [6.07, 6.45) is 0.914. The number of hydrogen-bond acceptors (Lipinski definition) is 2. The van der Waals surface area contributed by atoms with Crippen LogP contribution in [0, 0.1) is 11.3 Å². The first-order valence-corrected chi connectivity index (χ1v) is 6.05. The summed E-state index contributed by atoms with van der Waals surface area (Å²) in [6.45, 7) is 2.10. The van der Waals surface area contributed by atoms with Crippen molar-refractivity contribution >= 4 is 0 Å². The van der Waals surface area contributed by atoms with Crippen molar-refractivity contribution in [3.63, 3.8) is 0 Å². The van der Waals surface area contributed by atoms with Gasteiger partial charge in [-0.05, 0) is 12.8 Å². The Hall–Kier alpha value is -1.51. The largest absolute Gasteiger partial charge is 0.436 e. The van der Waals surface area contributed by atoms with Crippen LogP contribution in [-0.2, 0) is 12.6 Å². The minimum atomic E-state index is -4.57. The lowest BCUT2D eigenvalue weighted by molar-refractivity contribution is -0.141. The van der Waals surface area contributed by atoms with Gasteiger partial charge in [-0.25, -0.2) is 0 Å². The molecule has 1 heterocycles. The molecule has 0 bridgehead atoms. The van der Waals surface area contributed by atoms with Crippen molar-refractivity contribution in [3.05, 3.63) is 17.0 Å². The van der Waals surface area contributed by atoms with Crippen molar-refractivity contribution in [2.75, 3.05) is 0 Å². The van der Waals surface area contributed by atoms with Crippen LogP contribution < -0.4 is 0 Å². The summed E-state index contributed by atoms with van der Waals surface area (Å²) < 4.78 is 37.5. The predicted octanol–water partition coefficient (Wildman–Crippen LogP) is 3.81. The number of nitrogens with one attached hydrogen (secondary N) is 1. The van der Waals surface area contributed by atoms with E-state index in [-0.39, 0.29) is 5.56 Å². The maximum Gasteiger partial charge on any atom is 0.436 e. The number of nitriles is 1. The Morgan fingerprint density at radius 1 is 1.22 bits per heavy atom. The van der Waals surface area contributed by atoms with E-state index in [2.05, 4.69) is 17.1 Å². The lowest BCUT2D eigenvalue weighted by Gasteiger charge is -2.02. The molecule has 0 atom stereocenters. The highest BCUT2D eigenvalue weighted by molar-refractivity contribution is 5.39. The van der Waals surface area contributed by atoms with Crippen LogP contribution >= 0.6 is 0 Å². The SMILES string of the molecule is CCCCCCCc1[nH]nc(C(F)(F)F)c1C#N. The second-order valence-corrected chi connectivity index (χ2v) is 4.20. The molecule has 100 valence electrons. The van der Waals surface area contributed by atoms with Crippen LogP contribution in [0.5, 0.6) is 0 Å². The molecule has 1 rings (SSSR count). The third-order valence-corrected chi connectivity index (χ3v) is 2.75. The van der Waals surface area contributed by atoms with Crippen molar-refractivity contribution in [1.82, 2.24) is 10.2 Å². The smallest absolute Gasteiger partial charge is 0.281 e. The Bertz CT molecular complexity index is 415. The zero-order chi connectivity index (χ0) is 13.6. The van der Waals surface area contributed by atoms with Crippen molar-refractivity contribution in [2.24, 2.45) is 0 Å². The molecule has 1 aromatic rings. The van der Waals surface area contributed by atoms with E-state index in [4.69, 9.17) is 5.26 Å². The number of nitrogens with zero attached hydrogens (tertiary/aromatic N) is 2. The number of hydrogen-bond donors (Lipinski definition) is 1. The summed E-state index contributed by atoms with van der Waals surface area (Å²) in [6, 6.07) is 1.59. The molecule has 1 N–H and O–H groups in total. The van der Waals surface area contributed by atoms with Gasteiger partial charge in [0.15, 0.2) is 5.69 Å². The molecule has 1 aromatic heterocycles. The van der Waals surface area contributed by atoms with Gasteiger partial charge in [-0.2, -0.15) is 23.5 Å². The Labute approximate surface area is 104 Å². The second-order valence-electron chi connectivity index (χ2n) is 4.20. The van der Waals surface area contributed by atoms with Crippen LogP contribution in [0.1, 0.15) is 56.0 Å². The van der Waals surface area contributed by atoms with Gasteiger partial charge in [0.25, 0.3) is 0 Å². The van der Waals surface area contributed by atoms with Gasteiger partial charge in [-0.15, -0.1) is 0 Å². The van der Waals surface area contributed by atoms with Crippen LogP contribution in [-0.4, -0.2) is 10.2 Å². The third-order valence-electron chi connectivity index (χ3n) is 2.75. The van der Waals surface area contributed by atoms with Crippen molar-refractivity contribution < 1.29 is 13.2 Å². The number of alkyl halides is 3. The molecule has 0 aliphatic heterocycles. The van der Waals surface area contributed by atoms with Crippen LogP contribution in [0.25, 0.3) is 0 Å². The molecule has 0 saturated carbocycles. The minimum absolute atomic E-state index is 0.293. The lowest BCUT2D eigenvalue weighted by Crippen LogP contribution is -2.07. The summed E-state index contributed by atoms with van der Waals surface area (Å²) in [4.78, 5) is 0. The molecule has 0 spiro atoms. The van der Waals surface area contributed by atoms with Crippen LogP contribution in [0.15, 0.2) is 0 Å². The Balaban J connectivity index is 2.62. The van der Waals surface area contributed by atoms with Crippen LogP contribution in [0.3, 0.4) is 0 Å². The zero-order valence-electron chi connectivity index (χ0n) is 10.3. The molecule has 0 unspecified atom stereocenters. The Kier molecular flexibility index (Phi) is 5.20. The predicted molar refractivity (Wildman–Crippen MR) is 60.8 cm³/mol. The van der Waals surface area contributed by atoms with Gasteiger partial charge in [0.05, 0.1) is 5.69 Å². The number of aromatic amines is 1. The van der Waals surface area contributed by atoms with Gasteiger partial charge >= 0.3 is 6.18 Å². The monoisotopic (exact) mass is 259 g/mol. The minimum Gasteiger partial charge on any atom is -0.281 e. The fraction of sp³-hybridized carbons (Fsp3) is 0.667. The highest BCUT2D eigenvalue weighted by atomic mass is 19.4. The molecule has 0 saturated heterocycles. The number of unbranched alkanes of at least 4 members (excludes halogenated alkanes) is 4. The molecule has 6 heteroatoms. The number of aromatic nitrogens is 2. The quantitative estimate of drug-likeness (QED) is 0.790. The fourth-order valence-corrected chi connectivity index (χ4v) is 1.79. The van der Waals surface area contributed by atoms with E-state index in [9.17, 15) is 13.2 Å². The molecule has 0 fully saturated rings. The van der Waals surface area contributed by atoms with Gasteiger partial charge in [-0.3, -0.25) is 5.10 Å².